The number of guanidine groups is 1. The minimum atomic E-state index is -1.05. The Morgan fingerprint density at radius 1 is 0.575 bits per heavy atom. The number of aliphatic carboxylic acids is 3. The van der Waals surface area contributed by atoms with E-state index in [4.69, 9.17) is 10.5 Å². The molecule has 0 radical (unpaired) electrons. The molecule has 5 rings (SSSR count). The Morgan fingerprint density at radius 2 is 1.14 bits per heavy atom. The SMILES string of the molecule is CCC(=O)NCCNC(=O)/N=C(/N)NCCC[C@@H](NC(=O)C(c1ccccc1)c1cccc(OCCCCNC(=O)c2ccc(NC(=O)CN3CCN(CC(=O)O)CCN(CC(=O)O)CCN(CC(=O)O)CC3)cc2)c1)C(=O)NCc1ccc(O)cc1. The fourth-order valence-corrected chi connectivity index (χ4v) is 9.20. The third kappa shape index (κ3) is 26.7. The number of ether oxygens (including phenoxy) is 1. The molecule has 0 saturated carbocycles. The van der Waals surface area contributed by atoms with Gasteiger partial charge in [0.05, 0.1) is 38.7 Å². The van der Waals surface area contributed by atoms with E-state index in [2.05, 4.69) is 42.2 Å². The third-order valence-corrected chi connectivity index (χ3v) is 13.8. The minimum Gasteiger partial charge on any atom is -0.508 e. The maximum Gasteiger partial charge on any atom is 0.344 e. The standard InChI is InChI=1S/C60H81N13O14/c1-2-50(75)62-25-26-65-60(86)69-59(61)64-24-9-14-49(57(84)66-37-42-15-21-47(74)22-16-42)68-58(85)55(43-10-4-3-5-11-43)45-12-8-13-48(36-45)87-35-7-6-23-63-56(83)44-17-19-46(20-18-44)67-51(76)38-70-27-29-71(39-52(77)78)31-33-73(41-54(81)82)34-32-72(30-28-70)40-53(79)80/h3-5,8,10-13,15-22,36,49,55,74H,2,6-7,9,14,23-35,37-41H2,1H3,(H,62,75)(H,63,83)(H,66,84)(H,67,76)(H,68,85)(H,77,78)(H,79,80)(H,81,82)(H4,61,64,65,69,86)/t49-,55?/m1/s1. The number of carboxylic acid groups (broad SMARTS) is 3. The molecule has 7 amide bonds. The number of anilines is 1. The lowest BCUT2D eigenvalue weighted by Gasteiger charge is -2.32. The molecule has 87 heavy (non-hydrogen) atoms. The Bertz CT molecular complexity index is 2890. The molecule has 1 saturated heterocycles. The topological polar surface area (TPSA) is 379 Å². The summed E-state index contributed by atoms with van der Waals surface area (Å²) in [4.78, 5) is 124. The zero-order valence-corrected chi connectivity index (χ0v) is 48.9. The molecule has 1 fully saturated rings. The number of aliphatic imine (C=N–C) groups is 1. The van der Waals surface area contributed by atoms with Crippen LogP contribution in [-0.4, -0.2) is 217 Å². The van der Waals surface area contributed by atoms with Crippen molar-refractivity contribution in [2.75, 3.05) is 117 Å². The average Bonchev–Trinajstić information content (AvgIpc) is 3.59. The Kier molecular flexibility index (Phi) is 29.4. The second kappa shape index (κ2) is 37.3. The summed E-state index contributed by atoms with van der Waals surface area (Å²) in [6, 6.07) is 27.2. The van der Waals surface area contributed by atoms with E-state index in [1.807, 2.05) is 35.2 Å². The largest absolute Gasteiger partial charge is 0.508 e. The third-order valence-electron chi connectivity index (χ3n) is 13.8. The number of carbonyl (C=O) groups excluding carboxylic acids is 6. The number of nitrogens with two attached hydrogens (primary N) is 1. The van der Waals surface area contributed by atoms with Crippen molar-refractivity contribution >= 4 is 65.1 Å². The van der Waals surface area contributed by atoms with Crippen LogP contribution in [0.3, 0.4) is 0 Å². The van der Waals surface area contributed by atoms with Gasteiger partial charge < -0.3 is 68.1 Å². The van der Waals surface area contributed by atoms with Crippen LogP contribution in [0.5, 0.6) is 11.5 Å². The van der Waals surface area contributed by atoms with Gasteiger partial charge in [-0.25, -0.2) is 4.79 Å². The minimum absolute atomic E-state index is 0.0720. The van der Waals surface area contributed by atoms with E-state index in [9.17, 15) is 63.6 Å². The summed E-state index contributed by atoms with van der Waals surface area (Å²) in [5, 5.41) is 57.9. The first kappa shape index (κ1) is 68.6. The molecule has 0 bridgehead atoms. The normalized spacial score (nSPS) is 14.6. The number of phenolic OH excluding ortho intramolecular Hbond substituents is 1. The van der Waals surface area contributed by atoms with Crippen LogP contribution in [-0.2, 0) is 40.1 Å². The van der Waals surface area contributed by atoms with Crippen molar-refractivity contribution in [2.45, 2.75) is 57.5 Å². The van der Waals surface area contributed by atoms with E-state index >= 15 is 0 Å². The van der Waals surface area contributed by atoms with Crippen molar-refractivity contribution in [1.82, 2.24) is 51.5 Å². The number of rotatable bonds is 31. The number of carboxylic acids is 3. The second-order valence-corrected chi connectivity index (χ2v) is 20.6. The number of carbonyl (C=O) groups is 9. The quantitative estimate of drug-likeness (QED) is 0.0192. The summed E-state index contributed by atoms with van der Waals surface area (Å²) in [7, 11) is 0. The highest BCUT2D eigenvalue weighted by molar-refractivity contribution is 5.96. The Balaban J connectivity index is 1.12. The highest BCUT2D eigenvalue weighted by atomic mass is 16.5. The van der Waals surface area contributed by atoms with Crippen molar-refractivity contribution in [3.8, 4) is 11.5 Å². The van der Waals surface area contributed by atoms with Gasteiger partial charge in [0.2, 0.25) is 23.6 Å². The lowest BCUT2D eigenvalue weighted by Crippen LogP contribution is -2.49. The maximum absolute atomic E-state index is 14.5. The molecule has 1 heterocycles. The van der Waals surface area contributed by atoms with E-state index in [0.717, 1.165) is 5.56 Å². The van der Waals surface area contributed by atoms with Gasteiger partial charge in [-0.2, -0.15) is 4.99 Å². The van der Waals surface area contributed by atoms with Gasteiger partial charge in [-0.1, -0.05) is 61.5 Å². The molecule has 27 heteroatoms. The smallest absolute Gasteiger partial charge is 0.344 e. The fourth-order valence-electron chi connectivity index (χ4n) is 9.20. The molecule has 1 unspecified atom stereocenters. The van der Waals surface area contributed by atoms with Crippen LogP contribution in [0.25, 0.3) is 0 Å². The van der Waals surface area contributed by atoms with Gasteiger partial charge in [-0.05, 0) is 90.9 Å². The first-order valence-corrected chi connectivity index (χ1v) is 28.8. The zero-order chi connectivity index (χ0) is 62.9. The molecule has 0 aliphatic carbocycles. The Hall–Kier alpha value is -9.18. The highest BCUT2D eigenvalue weighted by Crippen LogP contribution is 2.28. The van der Waals surface area contributed by atoms with Gasteiger partial charge in [0.25, 0.3) is 5.91 Å². The summed E-state index contributed by atoms with van der Waals surface area (Å²) >= 11 is 0. The lowest BCUT2D eigenvalue weighted by molar-refractivity contribution is -0.140. The molecule has 0 aromatic heterocycles. The predicted octanol–water partition coefficient (Wildman–Crippen LogP) is 1.25. The molecule has 13 N–H and O–H groups in total. The molecule has 1 aliphatic heterocycles. The summed E-state index contributed by atoms with van der Waals surface area (Å²) in [6.07, 6.45) is 1.94. The molecule has 470 valence electrons. The number of unbranched alkanes of at least 4 members (excludes halogenated alkanes) is 1. The van der Waals surface area contributed by atoms with Crippen molar-refractivity contribution in [1.29, 1.82) is 0 Å². The van der Waals surface area contributed by atoms with Crippen LogP contribution in [0, 0.1) is 0 Å². The van der Waals surface area contributed by atoms with Crippen LogP contribution < -0.4 is 47.7 Å². The molecular weight excluding hydrogens is 1130 g/mol. The van der Waals surface area contributed by atoms with E-state index in [-0.39, 0.29) is 147 Å². The van der Waals surface area contributed by atoms with Crippen LogP contribution in [0.4, 0.5) is 10.5 Å². The van der Waals surface area contributed by atoms with Crippen LogP contribution in [0.15, 0.2) is 108 Å². The molecule has 0 spiro atoms. The van der Waals surface area contributed by atoms with Gasteiger partial charge in [-0.15, -0.1) is 0 Å². The van der Waals surface area contributed by atoms with E-state index in [0.29, 0.717) is 60.4 Å². The van der Waals surface area contributed by atoms with E-state index < -0.39 is 47.7 Å². The van der Waals surface area contributed by atoms with Crippen molar-refractivity contribution in [2.24, 2.45) is 10.7 Å². The van der Waals surface area contributed by atoms with Gasteiger partial charge in [0.15, 0.2) is 5.96 Å². The van der Waals surface area contributed by atoms with E-state index in [1.165, 1.54) is 12.1 Å². The number of hydrogen-bond donors (Lipinski definition) is 12. The van der Waals surface area contributed by atoms with Crippen LogP contribution >= 0.6 is 0 Å². The number of amides is 7. The first-order chi connectivity index (χ1) is 41.8. The number of urea groups is 1. The van der Waals surface area contributed by atoms with Gasteiger partial charge >= 0.3 is 23.9 Å². The maximum atomic E-state index is 14.5. The Labute approximate surface area is 505 Å². The van der Waals surface area contributed by atoms with Crippen molar-refractivity contribution in [3.05, 3.63) is 125 Å². The number of hydrogen-bond acceptors (Lipinski definition) is 15. The van der Waals surface area contributed by atoms with Crippen molar-refractivity contribution in [3.63, 3.8) is 0 Å². The van der Waals surface area contributed by atoms with E-state index in [1.54, 1.807) is 82.3 Å². The Morgan fingerprint density at radius 3 is 1.72 bits per heavy atom. The predicted molar refractivity (Wildman–Crippen MR) is 323 cm³/mol. The fraction of sp³-hybridized carbons (Fsp3) is 0.433. The van der Waals surface area contributed by atoms with Crippen LogP contribution in [0.2, 0.25) is 0 Å². The first-order valence-electron chi connectivity index (χ1n) is 28.8. The summed E-state index contributed by atoms with van der Waals surface area (Å²) in [5.41, 5.74) is 8.73. The summed E-state index contributed by atoms with van der Waals surface area (Å²) < 4.78 is 6.13. The number of nitrogens with one attached hydrogen (secondary N) is 7. The summed E-state index contributed by atoms with van der Waals surface area (Å²) in [5.74, 6) is -5.37. The lowest BCUT2D eigenvalue weighted by atomic mass is 9.90. The molecular formula is C60H81N13O14. The second-order valence-electron chi connectivity index (χ2n) is 20.6. The van der Waals surface area contributed by atoms with Crippen molar-refractivity contribution < 1.29 is 68.3 Å². The monoisotopic (exact) mass is 1210 g/mol. The van der Waals surface area contributed by atoms with Crippen LogP contribution in [0.1, 0.15) is 72.0 Å². The summed E-state index contributed by atoms with van der Waals surface area (Å²) in [6.45, 7) is 4.17. The zero-order valence-electron chi connectivity index (χ0n) is 48.9. The molecule has 1 aliphatic rings. The molecule has 4 aromatic carbocycles. The van der Waals surface area contributed by atoms with Gasteiger partial charge in [0.1, 0.15) is 17.5 Å². The van der Waals surface area contributed by atoms with Gasteiger partial charge in [-0.3, -0.25) is 58.0 Å². The number of benzene rings is 4. The molecule has 2 atom stereocenters. The average molecular weight is 1210 g/mol. The number of phenols is 1. The molecule has 27 nitrogen and oxygen atoms in total. The number of aromatic hydroxyl groups is 1. The highest BCUT2D eigenvalue weighted by Gasteiger charge is 2.29. The molecule has 4 aromatic rings. The number of nitrogens with zero attached hydrogens (tertiary/aromatic N) is 5. The van der Waals surface area contributed by atoms with Gasteiger partial charge in [0, 0.05) is 103 Å².